The van der Waals surface area contributed by atoms with Crippen molar-refractivity contribution in [3.63, 3.8) is 0 Å². The minimum atomic E-state index is -0.910. The number of hydrogen-bond donors (Lipinski definition) is 1. The van der Waals surface area contributed by atoms with Gasteiger partial charge in [-0.3, -0.25) is 14.5 Å². The second-order valence-electron chi connectivity index (χ2n) is 9.08. The van der Waals surface area contributed by atoms with E-state index in [-0.39, 0.29) is 17.3 Å². The zero-order chi connectivity index (χ0) is 26.0. The summed E-state index contributed by atoms with van der Waals surface area (Å²) in [6.07, 6.45) is 0.830. The molecule has 1 aliphatic rings. The largest absolute Gasteiger partial charge is 0.507 e. The van der Waals surface area contributed by atoms with Gasteiger partial charge >= 0.3 is 0 Å². The van der Waals surface area contributed by atoms with Crippen LogP contribution in [0.25, 0.3) is 5.76 Å². The lowest BCUT2D eigenvalue weighted by Gasteiger charge is -2.25. The topological polar surface area (TPSA) is 66.8 Å². The van der Waals surface area contributed by atoms with Crippen LogP contribution in [0.4, 0.5) is 10.1 Å². The number of anilines is 1. The number of amides is 1. The van der Waals surface area contributed by atoms with Gasteiger partial charge in [-0.15, -0.1) is 0 Å². The first kappa shape index (κ1) is 25.2. The smallest absolute Gasteiger partial charge is 0.300 e. The van der Waals surface area contributed by atoms with Gasteiger partial charge in [0, 0.05) is 11.3 Å². The Morgan fingerprint density at radius 2 is 1.67 bits per heavy atom. The molecule has 4 rings (SSSR count). The number of aryl methyl sites for hydroxylation is 1. The van der Waals surface area contributed by atoms with Crippen molar-refractivity contribution in [2.45, 2.75) is 46.1 Å². The average Bonchev–Trinajstić information content (AvgIpc) is 3.14. The number of halogens is 1. The molecule has 1 amide bonds. The summed E-state index contributed by atoms with van der Waals surface area (Å²) in [6, 6.07) is 17.3. The Labute approximate surface area is 210 Å². The Bertz CT molecular complexity index is 1310. The van der Waals surface area contributed by atoms with Crippen LogP contribution in [-0.2, 0) is 16.0 Å². The molecule has 0 aromatic heterocycles. The number of nitrogens with zero attached hydrogens (tertiary/aromatic N) is 1. The fourth-order valence-corrected chi connectivity index (χ4v) is 4.54. The molecule has 5 nitrogen and oxygen atoms in total. The highest BCUT2D eigenvalue weighted by atomic mass is 19.1. The minimum Gasteiger partial charge on any atom is -0.507 e. The fourth-order valence-electron chi connectivity index (χ4n) is 4.54. The summed E-state index contributed by atoms with van der Waals surface area (Å²) >= 11 is 0. The molecule has 1 N–H and O–H groups in total. The highest BCUT2D eigenvalue weighted by Crippen LogP contribution is 2.43. The maximum Gasteiger partial charge on any atom is 0.300 e. The van der Waals surface area contributed by atoms with Crippen LogP contribution in [0.2, 0.25) is 0 Å². The summed E-state index contributed by atoms with van der Waals surface area (Å²) in [7, 11) is 0. The van der Waals surface area contributed by atoms with Gasteiger partial charge in [-0.1, -0.05) is 45.0 Å². The van der Waals surface area contributed by atoms with Crippen molar-refractivity contribution in [1.82, 2.24) is 0 Å². The number of rotatable bonds is 7. The van der Waals surface area contributed by atoms with Crippen LogP contribution in [0, 0.1) is 5.82 Å². The van der Waals surface area contributed by atoms with E-state index in [9.17, 15) is 19.1 Å². The molecule has 1 aliphatic heterocycles. The molecule has 1 fully saturated rings. The van der Waals surface area contributed by atoms with Crippen molar-refractivity contribution in [2.24, 2.45) is 0 Å². The average molecular weight is 488 g/mol. The second-order valence-corrected chi connectivity index (χ2v) is 9.08. The summed E-state index contributed by atoms with van der Waals surface area (Å²) in [5.74, 6) is -1.44. The zero-order valence-corrected chi connectivity index (χ0v) is 20.9. The van der Waals surface area contributed by atoms with Gasteiger partial charge in [0.1, 0.15) is 17.3 Å². The first-order valence-corrected chi connectivity index (χ1v) is 12.2. The first-order valence-electron chi connectivity index (χ1n) is 12.2. The molecule has 1 atom stereocenters. The lowest BCUT2D eigenvalue weighted by molar-refractivity contribution is -0.132. The van der Waals surface area contributed by atoms with E-state index in [4.69, 9.17) is 4.74 Å². The Balaban J connectivity index is 1.91. The van der Waals surface area contributed by atoms with Crippen molar-refractivity contribution < 1.29 is 23.8 Å². The van der Waals surface area contributed by atoms with Gasteiger partial charge in [0.2, 0.25) is 0 Å². The fraction of sp³-hybridized carbons (Fsp3) is 0.267. The lowest BCUT2D eigenvalue weighted by atomic mass is 9.93. The predicted molar refractivity (Wildman–Crippen MR) is 139 cm³/mol. The Morgan fingerprint density at radius 1 is 1.00 bits per heavy atom. The lowest BCUT2D eigenvalue weighted by Crippen LogP contribution is -2.29. The summed E-state index contributed by atoms with van der Waals surface area (Å²) in [4.78, 5) is 28.0. The highest BCUT2D eigenvalue weighted by molar-refractivity contribution is 6.51. The van der Waals surface area contributed by atoms with Crippen molar-refractivity contribution in [1.29, 1.82) is 0 Å². The molecule has 3 aromatic rings. The number of ketones is 1. The number of aliphatic hydroxyl groups excluding tert-OH is 1. The summed E-state index contributed by atoms with van der Waals surface area (Å²) in [5, 5.41) is 11.4. The van der Waals surface area contributed by atoms with Crippen molar-refractivity contribution in [3.8, 4) is 5.75 Å². The van der Waals surface area contributed by atoms with Crippen LogP contribution in [0.5, 0.6) is 5.75 Å². The molecule has 0 saturated carbocycles. The third-order valence-corrected chi connectivity index (χ3v) is 6.46. The van der Waals surface area contributed by atoms with Gasteiger partial charge in [-0.05, 0) is 78.4 Å². The molecule has 36 heavy (non-hydrogen) atoms. The van der Waals surface area contributed by atoms with E-state index in [1.165, 1.54) is 29.2 Å². The molecule has 6 heteroatoms. The SMILES string of the molecule is CCOc1ccc(/C(O)=C2/C(=O)C(=O)N(c3ccc(CC)cc3)C2c2ccc(F)cc2)cc1C(C)C. The van der Waals surface area contributed by atoms with E-state index in [1.807, 2.05) is 39.8 Å². The summed E-state index contributed by atoms with van der Waals surface area (Å²) < 4.78 is 19.5. The second kappa shape index (κ2) is 10.4. The molecule has 0 aliphatic carbocycles. The number of carbonyl (C=O) groups excluding carboxylic acids is 2. The first-order chi connectivity index (χ1) is 17.3. The number of ether oxygens (including phenoxy) is 1. The van der Waals surface area contributed by atoms with Crippen LogP contribution in [0.15, 0.2) is 72.3 Å². The summed E-state index contributed by atoms with van der Waals surface area (Å²) in [5.41, 5.74) is 3.38. The number of aliphatic hydroxyl groups is 1. The van der Waals surface area contributed by atoms with Gasteiger partial charge in [-0.25, -0.2) is 4.39 Å². The molecule has 1 saturated heterocycles. The van der Waals surface area contributed by atoms with Crippen molar-refractivity contribution >= 4 is 23.1 Å². The molecule has 186 valence electrons. The van der Waals surface area contributed by atoms with Crippen LogP contribution in [0.3, 0.4) is 0 Å². The Kier molecular flexibility index (Phi) is 7.25. The molecule has 1 unspecified atom stereocenters. The highest BCUT2D eigenvalue weighted by Gasteiger charge is 2.47. The third kappa shape index (κ3) is 4.63. The quantitative estimate of drug-likeness (QED) is 0.234. The van der Waals surface area contributed by atoms with Gasteiger partial charge < -0.3 is 9.84 Å². The van der Waals surface area contributed by atoms with Crippen LogP contribution < -0.4 is 9.64 Å². The molecule has 1 heterocycles. The van der Waals surface area contributed by atoms with Gasteiger partial charge in [0.25, 0.3) is 11.7 Å². The minimum absolute atomic E-state index is 0.0370. The standard InChI is InChI=1S/C30H30FNO4/c1-5-19-7-14-23(15-8-19)32-27(20-9-12-22(31)13-10-20)26(29(34)30(32)35)28(33)21-11-16-25(36-6-2)24(17-21)18(3)4/h7-18,27,33H,5-6H2,1-4H3/b28-26-. The van der Waals surface area contributed by atoms with Crippen molar-refractivity contribution in [2.75, 3.05) is 11.5 Å². The number of carbonyl (C=O) groups is 2. The Hall–Kier alpha value is -3.93. The van der Waals surface area contributed by atoms with Crippen LogP contribution >= 0.6 is 0 Å². The molecular weight excluding hydrogens is 457 g/mol. The van der Waals surface area contributed by atoms with Crippen LogP contribution in [0.1, 0.15) is 61.9 Å². The van der Waals surface area contributed by atoms with Gasteiger partial charge in [0.15, 0.2) is 0 Å². The number of benzene rings is 3. The maximum atomic E-state index is 13.8. The zero-order valence-electron chi connectivity index (χ0n) is 20.9. The molecule has 0 radical (unpaired) electrons. The third-order valence-electron chi connectivity index (χ3n) is 6.46. The normalized spacial score (nSPS) is 17.2. The van der Waals surface area contributed by atoms with Crippen molar-refractivity contribution in [3.05, 3.63) is 100 Å². The summed E-state index contributed by atoms with van der Waals surface area (Å²) in [6.45, 7) is 8.45. The van der Waals surface area contributed by atoms with Crippen LogP contribution in [-0.4, -0.2) is 23.4 Å². The molecular formula is C30H30FNO4. The van der Waals surface area contributed by atoms with Gasteiger partial charge in [0.05, 0.1) is 18.2 Å². The van der Waals surface area contributed by atoms with Gasteiger partial charge in [-0.2, -0.15) is 0 Å². The van der Waals surface area contributed by atoms with E-state index in [2.05, 4.69) is 0 Å². The predicted octanol–water partition coefficient (Wildman–Crippen LogP) is 6.54. The Morgan fingerprint density at radius 3 is 2.25 bits per heavy atom. The van der Waals surface area contributed by atoms with E-state index in [1.54, 1.807) is 30.3 Å². The maximum absolute atomic E-state index is 13.8. The number of Topliss-reactive ketones (excluding diaryl/α,β-unsaturated/α-hetero) is 1. The molecule has 0 bridgehead atoms. The monoisotopic (exact) mass is 487 g/mol. The molecule has 3 aromatic carbocycles. The van der Waals surface area contributed by atoms with E-state index >= 15 is 0 Å². The molecule has 0 spiro atoms. The van der Waals surface area contributed by atoms with E-state index in [0.717, 1.165) is 17.5 Å². The van der Waals surface area contributed by atoms with E-state index in [0.29, 0.717) is 29.2 Å². The number of hydrogen-bond acceptors (Lipinski definition) is 4. The van der Waals surface area contributed by atoms with E-state index < -0.39 is 23.5 Å².